The van der Waals surface area contributed by atoms with Crippen molar-refractivity contribution in [3.63, 3.8) is 0 Å². The van der Waals surface area contributed by atoms with Crippen molar-refractivity contribution in [1.82, 2.24) is 0 Å². The van der Waals surface area contributed by atoms with E-state index in [2.05, 4.69) is 0 Å². The third-order valence-electron chi connectivity index (χ3n) is 1.55. The molecule has 1 atom stereocenters. The van der Waals surface area contributed by atoms with Gasteiger partial charge >= 0.3 is 7.60 Å². The van der Waals surface area contributed by atoms with Crippen LogP contribution in [0.25, 0.3) is 0 Å². The number of nitrogens with two attached hydrogens (primary N) is 1. The Morgan fingerprint density at radius 3 is 2.54 bits per heavy atom. The predicted octanol–water partition coefficient (Wildman–Crippen LogP) is 1.47. The summed E-state index contributed by atoms with van der Waals surface area (Å²) in [6.45, 7) is 0. The van der Waals surface area contributed by atoms with Gasteiger partial charge < -0.3 is 15.5 Å². The van der Waals surface area contributed by atoms with E-state index in [-0.39, 0.29) is 0 Å². The lowest BCUT2D eigenvalue weighted by Gasteiger charge is -2.13. The van der Waals surface area contributed by atoms with Gasteiger partial charge in [0, 0.05) is 5.02 Å². The summed E-state index contributed by atoms with van der Waals surface area (Å²) in [7, 11) is -4.28. The molecule has 1 aromatic carbocycles. The summed E-state index contributed by atoms with van der Waals surface area (Å²) in [4.78, 5) is 17.5. The van der Waals surface area contributed by atoms with Gasteiger partial charge in [-0.25, -0.2) is 0 Å². The molecule has 0 saturated heterocycles. The van der Waals surface area contributed by atoms with E-state index in [4.69, 9.17) is 27.1 Å². The Hall–Kier alpha value is -0.380. The quantitative estimate of drug-likeness (QED) is 0.661. The molecule has 0 amide bonds. The van der Waals surface area contributed by atoms with Gasteiger partial charge in [-0.15, -0.1) is 0 Å². The van der Waals surface area contributed by atoms with Gasteiger partial charge in [0.05, 0.1) is 0 Å². The highest BCUT2D eigenvalue weighted by molar-refractivity contribution is 7.52. The molecule has 72 valence electrons. The Labute approximate surface area is 80.5 Å². The highest BCUT2D eigenvalue weighted by Crippen LogP contribution is 2.48. The highest BCUT2D eigenvalue weighted by atomic mass is 35.5. The second-order valence-electron chi connectivity index (χ2n) is 2.59. The zero-order valence-electron chi connectivity index (χ0n) is 6.59. The molecule has 0 aliphatic carbocycles. The van der Waals surface area contributed by atoms with Crippen LogP contribution in [0, 0.1) is 0 Å². The molecule has 0 unspecified atom stereocenters. The van der Waals surface area contributed by atoms with Crippen molar-refractivity contribution in [2.45, 2.75) is 5.78 Å². The average molecular weight is 222 g/mol. The maximum atomic E-state index is 10.8. The van der Waals surface area contributed by atoms with Gasteiger partial charge in [0.1, 0.15) is 5.78 Å². The van der Waals surface area contributed by atoms with Crippen molar-refractivity contribution in [2.75, 3.05) is 0 Å². The molecule has 4 nitrogen and oxygen atoms in total. The number of rotatable bonds is 2. The fourth-order valence-electron chi connectivity index (χ4n) is 0.885. The van der Waals surface area contributed by atoms with Crippen molar-refractivity contribution < 1.29 is 14.4 Å². The van der Waals surface area contributed by atoms with Crippen molar-refractivity contribution in [3.8, 4) is 0 Å². The number of halogens is 1. The molecular weight excluding hydrogens is 213 g/mol. The monoisotopic (exact) mass is 221 g/mol. The largest absolute Gasteiger partial charge is 0.346 e. The van der Waals surface area contributed by atoms with Crippen LogP contribution < -0.4 is 5.73 Å². The Balaban J connectivity index is 3.02. The zero-order valence-corrected chi connectivity index (χ0v) is 8.24. The maximum Gasteiger partial charge on any atom is 0.346 e. The molecule has 0 fully saturated rings. The lowest BCUT2D eigenvalue weighted by Crippen LogP contribution is -2.10. The Morgan fingerprint density at radius 2 is 2.08 bits per heavy atom. The maximum absolute atomic E-state index is 10.8. The van der Waals surface area contributed by atoms with Crippen LogP contribution >= 0.6 is 19.2 Å². The number of hydrogen-bond donors (Lipinski definition) is 3. The molecule has 0 radical (unpaired) electrons. The Bertz CT molecular complexity index is 351. The van der Waals surface area contributed by atoms with E-state index in [0.717, 1.165) is 0 Å². The van der Waals surface area contributed by atoms with Gasteiger partial charge in [-0.05, 0) is 17.7 Å². The molecule has 1 rings (SSSR count). The van der Waals surface area contributed by atoms with Crippen molar-refractivity contribution >= 4 is 19.2 Å². The first-order valence-electron chi connectivity index (χ1n) is 3.47. The van der Waals surface area contributed by atoms with Gasteiger partial charge in [0.25, 0.3) is 0 Å². The van der Waals surface area contributed by atoms with Crippen molar-refractivity contribution in [2.24, 2.45) is 5.73 Å². The zero-order chi connectivity index (χ0) is 10.1. The highest BCUT2D eigenvalue weighted by Gasteiger charge is 2.26. The summed E-state index contributed by atoms with van der Waals surface area (Å²) < 4.78 is 10.8. The number of hydrogen-bond acceptors (Lipinski definition) is 2. The van der Waals surface area contributed by atoms with Gasteiger partial charge in [-0.2, -0.15) is 0 Å². The molecule has 1 aromatic rings. The fourth-order valence-corrected chi connectivity index (χ4v) is 1.63. The predicted molar refractivity (Wildman–Crippen MR) is 50.4 cm³/mol. The third-order valence-corrected chi connectivity index (χ3v) is 2.81. The molecule has 0 aromatic heterocycles. The van der Waals surface area contributed by atoms with E-state index in [1.807, 2.05) is 0 Å². The van der Waals surface area contributed by atoms with Crippen LogP contribution in [-0.2, 0) is 4.57 Å². The summed E-state index contributed by atoms with van der Waals surface area (Å²) in [5.41, 5.74) is 5.65. The van der Waals surface area contributed by atoms with Crippen LogP contribution in [0.1, 0.15) is 11.3 Å². The average Bonchev–Trinajstić information content (AvgIpc) is 2.01. The minimum Gasteiger partial charge on any atom is -0.323 e. The van der Waals surface area contributed by atoms with E-state index in [0.29, 0.717) is 10.6 Å². The standard InChI is InChI=1S/C7H9ClNO3P/c8-6-3-1-2-5(4-6)7(9)13(10,11)12/h1-4,7H,9H2,(H2,10,11,12)/t7-/m1/s1. The molecule has 13 heavy (non-hydrogen) atoms. The van der Waals surface area contributed by atoms with Crippen LogP contribution in [-0.4, -0.2) is 9.79 Å². The van der Waals surface area contributed by atoms with Crippen LogP contribution in [0.4, 0.5) is 0 Å². The fraction of sp³-hybridized carbons (Fsp3) is 0.143. The summed E-state index contributed by atoms with van der Waals surface area (Å²) in [6.07, 6.45) is 0. The normalized spacial score (nSPS) is 14.2. The molecule has 4 N–H and O–H groups in total. The molecule has 6 heteroatoms. The van der Waals surface area contributed by atoms with E-state index < -0.39 is 13.4 Å². The van der Waals surface area contributed by atoms with E-state index in [9.17, 15) is 4.57 Å². The Kier molecular flexibility index (Phi) is 3.11. The lowest BCUT2D eigenvalue weighted by atomic mass is 10.2. The van der Waals surface area contributed by atoms with E-state index in [1.165, 1.54) is 12.1 Å². The molecular formula is C7H9ClNO3P. The van der Waals surface area contributed by atoms with Gasteiger partial charge in [-0.1, -0.05) is 23.7 Å². The van der Waals surface area contributed by atoms with Crippen LogP contribution in [0.5, 0.6) is 0 Å². The van der Waals surface area contributed by atoms with E-state index in [1.54, 1.807) is 12.1 Å². The first-order valence-corrected chi connectivity index (χ1v) is 5.53. The number of benzene rings is 1. The summed E-state index contributed by atoms with van der Waals surface area (Å²) in [6, 6.07) is 6.16. The van der Waals surface area contributed by atoms with Crippen molar-refractivity contribution in [3.05, 3.63) is 34.9 Å². The molecule has 0 saturated carbocycles. The smallest absolute Gasteiger partial charge is 0.323 e. The van der Waals surface area contributed by atoms with Gasteiger partial charge in [0.2, 0.25) is 0 Å². The van der Waals surface area contributed by atoms with Crippen LogP contribution in [0.3, 0.4) is 0 Å². The van der Waals surface area contributed by atoms with Gasteiger partial charge in [0.15, 0.2) is 0 Å². The van der Waals surface area contributed by atoms with Crippen LogP contribution in [0.2, 0.25) is 5.02 Å². The molecule has 0 heterocycles. The molecule has 0 aliphatic heterocycles. The first-order chi connectivity index (χ1) is 5.91. The third kappa shape index (κ3) is 2.79. The second kappa shape index (κ2) is 3.78. The minimum absolute atomic E-state index is 0.334. The molecule has 0 bridgehead atoms. The lowest BCUT2D eigenvalue weighted by molar-refractivity contribution is 0.359. The SMILES string of the molecule is N[C@@H](c1cccc(Cl)c1)P(=O)(O)O. The second-order valence-corrected chi connectivity index (χ2v) is 4.76. The summed E-state index contributed by atoms with van der Waals surface area (Å²) >= 11 is 5.63. The summed E-state index contributed by atoms with van der Waals surface area (Å²) in [5.74, 6) is -1.30. The van der Waals surface area contributed by atoms with Gasteiger partial charge in [-0.3, -0.25) is 4.57 Å². The van der Waals surface area contributed by atoms with E-state index >= 15 is 0 Å². The molecule has 0 aliphatic rings. The summed E-state index contributed by atoms with van der Waals surface area (Å²) in [5, 5.41) is 0.404. The van der Waals surface area contributed by atoms with Crippen molar-refractivity contribution in [1.29, 1.82) is 0 Å². The topological polar surface area (TPSA) is 83.6 Å². The van der Waals surface area contributed by atoms with Crippen LogP contribution in [0.15, 0.2) is 24.3 Å². The minimum atomic E-state index is -4.28. The Morgan fingerprint density at radius 1 is 1.46 bits per heavy atom. The molecule has 0 spiro atoms. The first kappa shape index (κ1) is 10.7.